The Kier molecular flexibility index (Phi) is 8.82. The zero-order chi connectivity index (χ0) is 16.0. The summed E-state index contributed by atoms with van der Waals surface area (Å²) in [5.74, 6) is 0.415. The molecule has 3 N–H and O–H groups in total. The molecule has 0 aromatic carbocycles. The van der Waals surface area contributed by atoms with Crippen molar-refractivity contribution in [3.63, 3.8) is 0 Å². The van der Waals surface area contributed by atoms with Gasteiger partial charge in [-0.25, -0.2) is 13.1 Å². The van der Waals surface area contributed by atoms with Gasteiger partial charge in [0.1, 0.15) is 5.75 Å². The zero-order valence-electron chi connectivity index (χ0n) is 13.8. The van der Waals surface area contributed by atoms with E-state index in [9.17, 15) is 13.2 Å². The molecule has 1 heterocycles. The number of nitrogens with one attached hydrogen (secondary N) is 3. The first-order valence-electron chi connectivity index (χ1n) is 8.42. The molecule has 1 amide bonds. The molecule has 0 spiro atoms. The fraction of sp³-hybridized carbons (Fsp3) is 0.933. The van der Waals surface area contributed by atoms with Crippen LogP contribution in [0.5, 0.6) is 0 Å². The highest BCUT2D eigenvalue weighted by Gasteiger charge is 2.24. The van der Waals surface area contributed by atoms with Crippen molar-refractivity contribution in [3.05, 3.63) is 0 Å². The van der Waals surface area contributed by atoms with Crippen LogP contribution < -0.4 is 15.4 Å². The van der Waals surface area contributed by atoms with Crippen molar-refractivity contribution >= 4 is 28.3 Å². The van der Waals surface area contributed by atoms with Gasteiger partial charge in [0.05, 0.1) is 0 Å². The highest BCUT2D eigenvalue weighted by molar-refractivity contribution is 7.90. The van der Waals surface area contributed by atoms with E-state index in [0.717, 1.165) is 51.6 Å². The van der Waals surface area contributed by atoms with Crippen LogP contribution in [-0.2, 0) is 14.8 Å². The largest absolute Gasteiger partial charge is 0.355 e. The summed E-state index contributed by atoms with van der Waals surface area (Å²) in [5, 5.41) is 6.00. The average molecular weight is 368 g/mol. The number of hydrogen-bond donors (Lipinski definition) is 3. The Morgan fingerprint density at radius 1 is 1.17 bits per heavy atom. The maximum absolute atomic E-state index is 12.0. The first-order chi connectivity index (χ1) is 10.4. The number of carbonyl (C=O) groups is 1. The zero-order valence-corrected chi connectivity index (χ0v) is 15.5. The van der Waals surface area contributed by atoms with Gasteiger partial charge in [-0.3, -0.25) is 4.79 Å². The van der Waals surface area contributed by atoms with E-state index < -0.39 is 21.7 Å². The lowest BCUT2D eigenvalue weighted by atomic mass is 9.88. The smallest absolute Gasteiger partial charge is 0.236 e. The number of amides is 1. The molecule has 136 valence electrons. The number of carbonyl (C=O) groups excluding carboxylic acids is 1. The van der Waals surface area contributed by atoms with Gasteiger partial charge in [-0.15, -0.1) is 12.4 Å². The fourth-order valence-corrected chi connectivity index (χ4v) is 4.55. The molecular weight excluding hydrogens is 338 g/mol. The SMILES string of the molecule is CC1CCC(NS(=O)(=O)CC(=O)NCCC2CCNC2)CC1.Cl. The molecule has 1 saturated carbocycles. The normalized spacial score (nSPS) is 28.1. The van der Waals surface area contributed by atoms with Gasteiger partial charge >= 0.3 is 0 Å². The molecule has 2 aliphatic rings. The van der Waals surface area contributed by atoms with E-state index in [-0.39, 0.29) is 18.4 Å². The van der Waals surface area contributed by atoms with E-state index in [1.165, 1.54) is 0 Å². The lowest BCUT2D eigenvalue weighted by Crippen LogP contribution is -2.42. The van der Waals surface area contributed by atoms with Crippen molar-refractivity contribution in [3.8, 4) is 0 Å². The van der Waals surface area contributed by atoms with Crippen LogP contribution in [0.4, 0.5) is 0 Å². The minimum Gasteiger partial charge on any atom is -0.355 e. The summed E-state index contributed by atoms with van der Waals surface area (Å²) in [5.41, 5.74) is 0. The molecule has 1 aliphatic heterocycles. The van der Waals surface area contributed by atoms with Crippen molar-refractivity contribution in [1.82, 2.24) is 15.4 Å². The van der Waals surface area contributed by atoms with Crippen molar-refractivity contribution in [2.24, 2.45) is 11.8 Å². The van der Waals surface area contributed by atoms with Crippen LogP contribution in [0.2, 0.25) is 0 Å². The number of halogens is 1. The molecule has 1 atom stereocenters. The van der Waals surface area contributed by atoms with Crippen LogP contribution >= 0.6 is 12.4 Å². The summed E-state index contributed by atoms with van der Waals surface area (Å²) >= 11 is 0. The summed E-state index contributed by atoms with van der Waals surface area (Å²) in [7, 11) is -3.52. The van der Waals surface area contributed by atoms with Gasteiger partial charge < -0.3 is 10.6 Å². The van der Waals surface area contributed by atoms with Crippen molar-refractivity contribution < 1.29 is 13.2 Å². The van der Waals surface area contributed by atoms with Gasteiger partial charge in [0.25, 0.3) is 0 Å². The first-order valence-corrected chi connectivity index (χ1v) is 10.1. The van der Waals surface area contributed by atoms with Crippen LogP contribution in [-0.4, -0.2) is 45.8 Å². The summed E-state index contributed by atoms with van der Waals surface area (Å²) in [6, 6.07) is -0.00133. The first kappa shape index (κ1) is 20.7. The summed E-state index contributed by atoms with van der Waals surface area (Å²) < 4.78 is 26.7. The maximum atomic E-state index is 12.0. The van der Waals surface area contributed by atoms with Gasteiger partial charge in [0.2, 0.25) is 15.9 Å². The molecule has 2 fully saturated rings. The molecule has 0 aromatic rings. The van der Waals surface area contributed by atoms with Gasteiger partial charge in [0.15, 0.2) is 0 Å². The van der Waals surface area contributed by atoms with Crippen LogP contribution in [0.25, 0.3) is 0 Å². The van der Waals surface area contributed by atoms with E-state index in [1.807, 2.05) is 0 Å². The Morgan fingerprint density at radius 3 is 2.48 bits per heavy atom. The Balaban J connectivity index is 0.00000264. The molecule has 1 saturated heterocycles. The highest BCUT2D eigenvalue weighted by Crippen LogP contribution is 2.23. The lowest BCUT2D eigenvalue weighted by Gasteiger charge is -2.26. The quantitative estimate of drug-likeness (QED) is 0.627. The summed E-state index contributed by atoms with van der Waals surface area (Å²) in [6.07, 6.45) is 5.89. The molecular formula is C15H30ClN3O3S. The van der Waals surface area contributed by atoms with E-state index in [4.69, 9.17) is 0 Å². The Bertz CT molecular complexity index is 459. The van der Waals surface area contributed by atoms with E-state index >= 15 is 0 Å². The van der Waals surface area contributed by atoms with Gasteiger partial charge in [-0.2, -0.15) is 0 Å². The monoisotopic (exact) mass is 367 g/mol. The van der Waals surface area contributed by atoms with Crippen LogP contribution in [0, 0.1) is 11.8 Å². The van der Waals surface area contributed by atoms with Gasteiger partial charge in [-0.1, -0.05) is 6.92 Å². The van der Waals surface area contributed by atoms with Crippen LogP contribution in [0.15, 0.2) is 0 Å². The number of hydrogen-bond acceptors (Lipinski definition) is 4. The molecule has 0 bridgehead atoms. The molecule has 1 aliphatic carbocycles. The second-order valence-electron chi connectivity index (χ2n) is 6.83. The third-order valence-electron chi connectivity index (χ3n) is 4.72. The second-order valence-corrected chi connectivity index (χ2v) is 8.59. The lowest BCUT2D eigenvalue weighted by molar-refractivity contribution is -0.118. The predicted octanol–water partition coefficient (Wildman–Crippen LogP) is 1.02. The van der Waals surface area contributed by atoms with Crippen LogP contribution in [0.3, 0.4) is 0 Å². The van der Waals surface area contributed by atoms with Gasteiger partial charge in [-0.05, 0) is 63.5 Å². The molecule has 6 nitrogen and oxygen atoms in total. The summed E-state index contributed by atoms with van der Waals surface area (Å²) in [4.78, 5) is 11.8. The predicted molar refractivity (Wildman–Crippen MR) is 94.2 cm³/mol. The Morgan fingerprint density at radius 2 is 1.87 bits per heavy atom. The minimum absolute atomic E-state index is 0. The Hall–Kier alpha value is -0.370. The van der Waals surface area contributed by atoms with E-state index in [0.29, 0.717) is 18.4 Å². The fourth-order valence-electron chi connectivity index (χ4n) is 3.27. The third kappa shape index (κ3) is 7.83. The number of sulfonamides is 1. The van der Waals surface area contributed by atoms with E-state index in [1.54, 1.807) is 0 Å². The molecule has 0 radical (unpaired) electrons. The summed E-state index contributed by atoms with van der Waals surface area (Å²) in [6.45, 7) is 4.78. The molecule has 23 heavy (non-hydrogen) atoms. The molecule has 1 unspecified atom stereocenters. The van der Waals surface area contributed by atoms with Crippen molar-refractivity contribution in [2.45, 2.75) is 51.5 Å². The maximum Gasteiger partial charge on any atom is 0.236 e. The minimum atomic E-state index is -3.52. The standard InChI is InChI=1S/C15H29N3O3S.ClH/c1-12-2-4-14(5-3-12)18-22(20,21)11-15(19)17-9-7-13-6-8-16-10-13;/h12-14,16,18H,2-11H2,1H3,(H,17,19);1H. The Labute approximate surface area is 146 Å². The molecule has 0 aromatic heterocycles. The second kappa shape index (κ2) is 9.81. The van der Waals surface area contributed by atoms with Crippen molar-refractivity contribution in [2.75, 3.05) is 25.4 Å². The topological polar surface area (TPSA) is 87.3 Å². The molecule has 2 rings (SSSR count). The molecule has 8 heteroatoms. The van der Waals surface area contributed by atoms with Crippen LogP contribution in [0.1, 0.15) is 45.4 Å². The number of rotatable bonds is 7. The van der Waals surface area contributed by atoms with Crippen molar-refractivity contribution in [1.29, 1.82) is 0 Å². The van der Waals surface area contributed by atoms with E-state index in [2.05, 4.69) is 22.3 Å². The highest BCUT2D eigenvalue weighted by atomic mass is 35.5. The third-order valence-corrected chi connectivity index (χ3v) is 6.06. The average Bonchev–Trinajstić information content (AvgIpc) is 2.93. The van der Waals surface area contributed by atoms with Gasteiger partial charge in [0, 0.05) is 12.6 Å².